The number of aryl methyl sites for hydroxylation is 1. The number of esters is 1. The molecule has 0 aromatic heterocycles. The summed E-state index contributed by atoms with van der Waals surface area (Å²) < 4.78 is 18.0. The maximum Gasteiger partial charge on any atom is 0.457 e. The lowest BCUT2D eigenvalue weighted by atomic mass is 9.69. The van der Waals surface area contributed by atoms with Gasteiger partial charge in [-0.1, -0.05) is 26.0 Å². The highest BCUT2D eigenvalue weighted by atomic mass is 16.7. The van der Waals surface area contributed by atoms with E-state index in [4.69, 9.17) is 14.0 Å². The van der Waals surface area contributed by atoms with Crippen molar-refractivity contribution in [3.8, 4) is 0 Å². The zero-order chi connectivity index (χ0) is 19.9. The Bertz CT molecular complexity index is 694. The molecule has 2 unspecified atom stereocenters. The summed E-state index contributed by atoms with van der Waals surface area (Å²) in [5.41, 5.74) is 1.35. The third-order valence-electron chi connectivity index (χ3n) is 5.54. The highest BCUT2D eigenvalue weighted by Gasteiger charge is 2.52. The molecule has 3 rings (SSSR count). The third-order valence-corrected chi connectivity index (χ3v) is 5.54. The first-order valence-electron chi connectivity index (χ1n) is 10.1. The lowest BCUT2D eigenvalue weighted by Crippen LogP contribution is -2.45. The summed E-state index contributed by atoms with van der Waals surface area (Å²) in [6.07, 6.45) is 5.09. The highest BCUT2D eigenvalue weighted by molar-refractivity contribution is 6.45. The molecule has 0 spiro atoms. The molecular weight excluding hydrogens is 339 g/mol. The molecule has 2 fully saturated rings. The molecule has 27 heavy (non-hydrogen) atoms. The number of hydrogen-bond acceptors (Lipinski definition) is 4. The average molecular weight is 372 g/mol. The van der Waals surface area contributed by atoms with Crippen molar-refractivity contribution in [1.29, 1.82) is 0 Å². The lowest BCUT2D eigenvalue weighted by molar-refractivity contribution is -0.0297. The molecule has 0 radical (unpaired) electrons. The molecule has 0 N–H and O–H groups in total. The van der Waals surface area contributed by atoms with E-state index in [0.717, 1.165) is 31.1 Å². The predicted octanol–water partition coefficient (Wildman–Crippen LogP) is 5.06. The maximum absolute atomic E-state index is 12.3. The van der Waals surface area contributed by atoms with E-state index in [1.807, 2.05) is 39.0 Å². The van der Waals surface area contributed by atoms with Crippen LogP contribution >= 0.6 is 0 Å². The fraction of sp³-hybridized carbons (Fsp3) is 0.682. The van der Waals surface area contributed by atoms with Gasteiger partial charge in [-0.05, 0) is 82.8 Å². The predicted molar refractivity (Wildman–Crippen MR) is 108 cm³/mol. The Labute approximate surface area is 164 Å². The molecule has 0 amide bonds. The first-order chi connectivity index (χ1) is 12.5. The SMILES string of the molecule is CC1(C)CCC2OB(CCc3cccc(C(=O)OC(C)(C)C)c3)OC2(C)C1. The molecule has 1 aliphatic carbocycles. The molecule has 148 valence electrons. The summed E-state index contributed by atoms with van der Waals surface area (Å²) >= 11 is 0. The Morgan fingerprint density at radius 3 is 2.74 bits per heavy atom. The number of fused-ring (bicyclic) bond motifs is 1. The molecule has 5 heteroatoms. The van der Waals surface area contributed by atoms with Crippen molar-refractivity contribution < 1.29 is 18.8 Å². The minimum absolute atomic E-state index is 0.168. The molecule has 1 aromatic carbocycles. The first-order valence-corrected chi connectivity index (χ1v) is 10.1. The zero-order valence-electron chi connectivity index (χ0n) is 17.6. The topological polar surface area (TPSA) is 44.8 Å². The molecule has 1 aromatic rings. The Hall–Kier alpha value is -1.33. The second-order valence-corrected chi connectivity index (χ2v) is 10.1. The van der Waals surface area contributed by atoms with E-state index in [0.29, 0.717) is 11.0 Å². The van der Waals surface area contributed by atoms with Gasteiger partial charge >= 0.3 is 13.1 Å². The molecule has 1 heterocycles. The van der Waals surface area contributed by atoms with Crippen LogP contribution in [-0.2, 0) is 20.5 Å². The van der Waals surface area contributed by atoms with Crippen molar-refractivity contribution in [1.82, 2.24) is 0 Å². The van der Waals surface area contributed by atoms with Crippen LogP contribution in [0.4, 0.5) is 0 Å². The zero-order valence-corrected chi connectivity index (χ0v) is 17.6. The summed E-state index contributed by atoms with van der Waals surface area (Å²) in [5.74, 6) is -0.279. The summed E-state index contributed by atoms with van der Waals surface area (Å²) in [7, 11) is -0.168. The Balaban J connectivity index is 1.58. The Morgan fingerprint density at radius 1 is 1.30 bits per heavy atom. The van der Waals surface area contributed by atoms with Crippen LogP contribution in [0.1, 0.15) is 76.7 Å². The second kappa shape index (κ2) is 7.25. The summed E-state index contributed by atoms with van der Waals surface area (Å²) in [6.45, 7) is 12.5. The van der Waals surface area contributed by atoms with Crippen LogP contribution in [0.3, 0.4) is 0 Å². The van der Waals surface area contributed by atoms with E-state index >= 15 is 0 Å². The molecule has 1 saturated heterocycles. The van der Waals surface area contributed by atoms with E-state index in [9.17, 15) is 4.79 Å². The fourth-order valence-electron chi connectivity index (χ4n) is 4.42. The van der Waals surface area contributed by atoms with E-state index in [2.05, 4.69) is 20.8 Å². The number of ether oxygens (including phenoxy) is 1. The van der Waals surface area contributed by atoms with Crippen LogP contribution in [0, 0.1) is 5.41 Å². The highest BCUT2D eigenvalue weighted by Crippen LogP contribution is 2.47. The van der Waals surface area contributed by atoms with Crippen molar-refractivity contribution >= 4 is 13.1 Å². The van der Waals surface area contributed by atoms with Gasteiger partial charge in [0.2, 0.25) is 0 Å². The normalized spacial score (nSPS) is 27.3. The van der Waals surface area contributed by atoms with E-state index in [-0.39, 0.29) is 24.8 Å². The van der Waals surface area contributed by atoms with Crippen molar-refractivity contribution in [2.45, 2.75) is 90.9 Å². The van der Waals surface area contributed by atoms with Crippen LogP contribution in [0.25, 0.3) is 0 Å². The fourth-order valence-corrected chi connectivity index (χ4v) is 4.42. The number of hydrogen-bond donors (Lipinski definition) is 0. The van der Waals surface area contributed by atoms with Gasteiger partial charge in [-0.15, -0.1) is 0 Å². The van der Waals surface area contributed by atoms with E-state index in [1.165, 1.54) is 6.42 Å². The molecule has 0 bridgehead atoms. The standard InChI is InChI=1S/C22H33BO4/c1-20(2,3)25-19(24)17-9-7-8-16(14-17)11-13-23-26-18-10-12-21(4,5)15-22(18,6)27-23/h7-9,14,18H,10-13,15H2,1-6H3. The third kappa shape index (κ3) is 5.14. The Kier molecular flexibility index (Phi) is 5.48. The smallest absolute Gasteiger partial charge is 0.456 e. The van der Waals surface area contributed by atoms with Gasteiger partial charge in [0.15, 0.2) is 0 Å². The lowest BCUT2D eigenvalue weighted by Gasteiger charge is -2.43. The number of carbonyl (C=O) groups excluding carboxylic acids is 1. The van der Waals surface area contributed by atoms with Crippen molar-refractivity contribution in [3.05, 3.63) is 35.4 Å². The number of carbonyl (C=O) groups is 1. The molecule has 1 saturated carbocycles. The van der Waals surface area contributed by atoms with Crippen LogP contribution in [-0.4, -0.2) is 30.4 Å². The molecular formula is C22H33BO4. The summed E-state index contributed by atoms with van der Waals surface area (Å²) in [5, 5.41) is 0. The van der Waals surface area contributed by atoms with Crippen LogP contribution < -0.4 is 0 Å². The summed E-state index contributed by atoms with van der Waals surface area (Å²) in [6, 6.07) is 7.67. The monoisotopic (exact) mass is 372 g/mol. The maximum atomic E-state index is 12.3. The van der Waals surface area contributed by atoms with Crippen molar-refractivity contribution in [3.63, 3.8) is 0 Å². The largest absolute Gasteiger partial charge is 0.457 e. The average Bonchev–Trinajstić information content (AvgIpc) is 2.85. The van der Waals surface area contributed by atoms with Gasteiger partial charge in [-0.2, -0.15) is 0 Å². The molecule has 1 aliphatic heterocycles. The van der Waals surface area contributed by atoms with Gasteiger partial charge in [0.1, 0.15) is 5.60 Å². The number of rotatable bonds is 4. The first kappa shape index (κ1) is 20.4. The minimum Gasteiger partial charge on any atom is -0.456 e. The van der Waals surface area contributed by atoms with E-state index < -0.39 is 5.60 Å². The van der Waals surface area contributed by atoms with Crippen LogP contribution in [0.2, 0.25) is 6.32 Å². The number of benzene rings is 1. The molecule has 4 nitrogen and oxygen atoms in total. The van der Waals surface area contributed by atoms with Gasteiger partial charge in [-0.3, -0.25) is 0 Å². The van der Waals surface area contributed by atoms with Crippen LogP contribution in [0.5, 0.6) is 0 Å². The van der Waals surface area contributed by atoms with Gasteiger partial charge in [-0.25, -0.2) is 4.79 Å². The van der Waals surface area contributed by atoms with Crippen LogP contribution in [0.15, 0.2) is 24.3 Å². The Morgan fingerprint density at radius 2 is 2.04 bits per heavy atom. The van der Waals surface area contributed by atoms with Crippen molar-refractivity contribution in [2.75, 3.05) is 0 Å². The molecule has 2 atom stereocenters. The quantitative estimate of drug-likeness (QED) is 0.548. The van der Waals surface area contributed by atoms with Crippen molar-refractivity contribution in [2.24, 2.45) is 5.41 Å². The van der Waals surface area contributed by atoms with Gasteiger partial charge in [0.05, 0.1) is 17.3 Å². The van der Waals surface area contributed by atoms with Gasteiger partial charge < -0.3 is 14.0 Å². The summed E-state index contributed by atoms with van der Waals surface area (Å²) in [4.78, 5) is 12.3. The molecule has 2 aliphatic rings. The minimum atomic E-state index is -0.488. The van der Waals surface area contributed by atoms with Gasteiger partial charge in [0, 0.05) is 0 Å². The van der Waals surface area contributed by atoms with E-state index in [1.54, 1.807) is 6.07 Å². The second-order valence-electron chi connectivity index (χ2n) is 10.1. The van der Waals surface area contributed by atoms with Gasteiger partial charge in [0.25, 0.3) is 0 Å².